The Labute approximate surface area is 111 Å². The number of azide groups is 1. The summed E-state index contributed by atoms with van der Waals surface area (Å²) in [4.78, 5) is 27.4. The highest BCUT2D eigenvalue weighted by Gasteiger charge is 2.48. The molecule has 1 fully saturated rings. The van der Waals surface area contributed by atoms with E-state index in [9.17, 15) is 19.8 Å². The maximum atomic E-state index is 11.7. The molecule has 3 N–H and O–H groups in total. The van der Waals surface area contributed by atoms with Gasteiger partial charge < -0.3 is 14.9 Å². The third-order valence-corrected chi connectivity index (χ3v) is 3.29. The summed E-state index contributed by atoms with van der Waals surface area (Å²) in [5, 5.41) is 22.2. The normalized spacial score (nSPS) is 29.1. The molecule has 0 spiro atoms. The number of aliphatic hydroxyl groups excluding tert-OH is 2. The molecule has 1 aromatic heterocycles. The van der Waals surface area contributed by atoms with Crippen molar-refractivity contribution in [2.45, 2.75) is 24.3 Å². The van der Waals surface area contributed by atoms with Crippen molar-refractivity contribution in [1.82, 2.24) is 9.55 Å². The van der Waals surface area contributed by atoms with Crippen LogP contribution in [-0.4, -0.2) is 44.6 Å². The van der Waals surface area contributed by atoms with Gasteiger partial charge in [-0.2, -0.15) is 0 Å². The number of aromatic nitrogens is 2. The zero-order chi connectivity index (χ0) is 14.8. The molecule has 0 aliphatic carbocycles. The first-order valence-corrected chi connectivity index (χ1v) is 5.81. The van der Waals surface area contributed by atoms with Crippen molar-refractivity contribution >= 4 is 0 Å². The van der Waals surface area contributed by atoms with E-state index in [1.165, 1.54) is 6.20 Å². The highest BCUT2D eigenvalue weighted by Crippen LogP contribution is 2.38. The van der Waals surface area contributed by atoms with Crippen molar-refractivity contribution in [3.8, 4) is 0 Å². The lowest BCUT2D eigenvalue weighted by Gasteiger charge is -2.24. The Hall–Kier alpha value is -2.13. The minimum absolute atomic E-state index is 0.00470. The Morgan fingerprint density at radius 1 is 1.60 bits per heavy atom. The highest BCUT2D eigenvalue weighted by atomic mass is 16.5. The van der Waals surface area contributed by atoms with Crippen LogP contribution in [0.4, 0.5) is 0 Å². The molecule has 2 rings (SSSR count). The Bertz CT molecular complexity index is 648. The van der Waals surface area contributed by atoms with Gasteiger partial charge in [0, 0.05) is 23.6 Å². The van der Waals surface area contributed by atoms with Crippen LogP contribution in [0.15, 0.2) is 27.0 Å². The number of rotatable bonds is 4. The molecule has 0 bridgehead atoms. The van der Waals surface area contributed by atoms with E-state index in [1.54, 1.807) is 0 Å². The van der Waals surface area contributed by atoms with E-state index in [0.717, 1.165) is 10.6 Å². The lowest BCUT2D eigenvalue weighted by atomic mass is 9.93. The van der Waals surface area contributed by atoms with Gasteiger partial charge in [0.2, 0.25) is 0 Å². The molecule has 10 heteroatoms. The molecule has 108 valence electrons. The van der Waals surface area contributed by atoms with Crippen LogP contribution in [0.5, 0.6) is 0 Å². The summed E-state index contributed by atoms with van der Waals surface area (Å²) in [6.45, 7) is -1.01. The molecular formula is C10H13N5O5. The second kappa shape index (κ2) is 5.47. The van der Waals surface area contributed by atoms with Crippen LogP contribution in [0.25, 0.3) is 10.4 Å². The van der Waals surface area contributed by atoms with Gasteiger partial charge >= 0.3 is 5.69 Å². The molecule has 0 aromatic carbocycles. The molecule has 10 nitrogen and oxygen atoms in total. The van der Waals surface area contributed by atoms with E-state index in [4.69, 9.17) is 10.3 Å². The Kier molecular flexibility index (Phi) is 3.91. The average molecular weight is 283 g/mol. The van der Waals surface area contributed by atoms with Crippen molar-refractivity contribution in [2.24, 2.45) is 5.11 Å². The van der Waals surface area contributed by atoms with E-state index in [0.29, 0.717) is 0 Å². The Balaban J connectivity index is 2.40. The maximum absolute atomic E-state index is 11.7. The van der Waals surface area contributed by atoms with Crippen LogP contribution in [0.1, 0.15) is 12.6 Å². The molecule has 2 heterocycles. The molecule has 0 unspecified atom stereocenters. The molecule has 1 aromatic rings. The van der Waals surface area contributed by atoms with Gasteiger partial charge in [0.15, 0.2) is 0 Å². The summed E-state index contributed by atoms with van der Waals surface area (Å²) in [6.07, 6.45) is -0.546. The van der Waals surface area contributed by atoms with Gasteiger partial charge in [0.25, 0.3) is 5.56 Å². The number of hydrogen-bond donors (Lipinski definition) is 3. The van der Waals surface area contributed by atoms with Crippen molar-refractivity contribution in [1.29, 1.82) is 0 Å². The van der Waals surface area contributed by atoms with E-state index in [-0.39, 0.29) is 6.42 Å². The quantitative estimate of drug-likeness (QED) is 0.362. The first kappa shape index (κ1) is 14.3. The molecule has 1 aliphatic heterocycles. The van der Waals surface area contributed by atoms with Crippen LogP contribution in [0.2, 0.25) is 0 Å². The fourth-order valence-corrected chi connectivity index (χ4v) is 2.22. The number of nitrogens with one attached hydrogen (secondary N) is 1. The first-order valence-electron chi connectivity index (χ1n) is 5.81. The van der Waals surface area contributed by atoms with Crippen molar-refractivity contribution < 1.29 is 14.9 Å². The van der Waals surface area contributed by atoms with Gasteiger partial charge in [0.05, 0.1) is 19.3 Å². The first-order chi connectivity index (χ1) is 9.56. The van der Waals surface area contributed by atoms with Crippen molar-refractivity contribution in [3.05, 3.63) is 43.5 Å². The van der Waals surface area contributed by atoms with E-state index < -0.39 is 42.3 Å². The number of nitrogens with zero attached hydrogens (tertiary/aromatic N) is 4. The van der Waals surface area contributed by atoms with Gasteiger partial charge in [-0.1, -0.05) is 5.11 Å². The molecule has 1 aliphatic rings. The summed E-state index contributed by atoms with van der Waals surface area (Å²) in [5.74, 6) is 0. The SMILES string of the molecule is [N-]=[N+]=N[C@]1(CO)C[C@H](n2ccc(=O)[nH]c2=O)O[C@@H]1CO. The molecule has 0 radical (unpaired) electrons. The smallest absolute Gasteiger partial charge is 0.330 e. The molecule has 1 saturated heterocycles. The number of ether oxygens (including phenoxy) is 1. The van der Waals surface area contributed by atoms with Crippen LogP contribution in [0.3, 0.4) is 0 Å². The van der Waals surface area contributed by atoms with E-state index in [2.05, 4.69) is 15.0 Å². The highest BCUT2D eigenvalue weighted by molar-refractivity contribution is 5.02. The van der Waals surface area contributed by atoms with Gasteiger partial charge in [0.1, 0.15) is 11.8 Å². The third kappa shape index (κ3) is 2.32. The second-order valence-electron chi connectivity index (χ2n) is 4.43. The molecule has 3 atom stereocenters. The van der Waals surface area contributed by atoms with Gasteiger partial charge in [-0.3, -0.25) is 14.3 Å². The fourth-order valence-electron chi connectivity index (χ4n) is 2.22. The minimum atomic E-state index is -1.34. The third-order valence-electron chi connectivity index (χ3n) is 3.29. The minimum Gasteiger partial charge on any atom is -0.396 e. The van der Waals surface area contributed by atoms with Gasteiger partial charge in [-0.15, -0.1) is 0 Å². The number of aromatic amines is 1. The van der Waals surface area contributed by atoms with E-state index in [1.807, 2.05) is 0 Å². The van der Waals surface area contributed by atoms with Crippen LogP contribution < -0.4 is 11.2 Å². The Morgan fingerprint density at radius 2 is 2.35 bits per heavy atom. The summed E-state index contributed by atoms with van der Waals surface area (Å²) in [6, 6.07) is 1.14. The predicted molar refractivity (Wildman–Crippen MR) is 65.9 cm³/mol. The molecule has 20 heavy (non-hydrogen) atoms. The van der Waals surface area contributed by atoms with Crippen molar-refractivity contribution in [2.75, 3.05) is 13.2 Å². The zero-order valence-corrected chi connectivity index (χ0v) is 10.3. The van der Waals surface area contributed by atoms with Gasteiger partial charge in [-0.25, -0.2) is 4.79 Å². The lowest BCUT2D eigenvalue weighted by molar-refractivity contribution is -0.0410. The standard InChI is InChI=1S/C10H13N5O5/c11-14-13-10(5-17)3-8(20-6(10)4-16)15-2-1-7(18)12-9(15)19/h1-2,6,8,16-17H,3-5H2,(H,12,18,19)/t6-,8-,10+/m1/s1. The van der Waals surface area contributed by atoms with E-state index >= 15 is 0 Å². The number of hydrogen-bond acceptors (Lipinski definition) is 6. The molecule has 0 saturated carbocycles. The lowest BCUT2D eigenvalue weighted by Crippen LogP contribution is -2.41. The summed E-state index contributed by atoms with van der Waals surface area (Å²) < 4.78 is 6.55. The van der Waals surface area contributed by atoms with Gasteiger partial charge in [-0.05, 0) is 5.53 Å². The number of H-pyrrole nitrogens is 1. The predicted octanol–water partition coefficient (Wildman–Crippen LogP) is -1.14. The Morgan fingerprint density at radius 3 is 2.90 bits per heavy atom. The van der Waals surface area contributed by atoms with Crippen LogP contribution in [-0.2, 0) is 4.74 Å². The largest absolute Gasteiger partial charge is 0.396 e. The average Bonchev–Trinajstić information content (AvgIpc) is 2.78. The van der Waals surface area contributed by atoms with Crippen LogP contribution >= 0.6 is 0 Å². The van der Waals surface area contributed by atoms with Crippen molar-refractivity contribution in [3.63, 3.8) is 0 Å². The fraction of sp³-hybridized carbons (Fsp3) is 0.600. The van der Waals surface area contributed by atoms with Crippen LogP contribution in [0, 0.1) is 0 Å². The second-order valence-corrected chi connectivity index (χ2v) is 4.43. The molecular weight excluding hydrogens is 270 g/mol. The molecule has 0 amide bonds. The summed E-state index contributed by atoms with van der Waals surface area (Å²) in [5.41, 5.74) is 6.00. The maximum Gasteiger partial charge on any atom is 0.330 e. The monoisotopic (exact) mass is 283 g/mol. The zero-order valence-electron chi connectivity index (χ0n) is 10.3. The summed E-state index contributed by atoms with van der Waals surface area (Å²) >= 11 is 0. The summed E-state index contributed by atoms with van der Waals surface area (Å²) in [7, 11) is 0. The number of aliphatic hydroxyl groups is 2. The topological polar surface area (TPSA) is 153 Å².